The van der Waals surface area contributed by atoms with Gasteiger partial charge in [0.2, 0.25) is 0 Å². The third-order valence-electron chi connectivity index (χ3n) is 3.58. The molecule has 1 aliphatic rings. The van der Waals surface area contributed by atoms with Crippen molar-refractivity contribution in [3.8, 4) is 5.75 Å². The lowest BCUT2D eigenvalue weighted by Crippen LogP contribution is -2.19. The second-order valence-electron chi connectivity index (χ2n) is 5.01. The van der Waals surface area contributed by atoms with E-state index in [2.05, 4.69) is 0 Å². The topological polar surface area (TPSA) is 29.5 Å². The molecule has 0 amide bonds. The van der Waals surface area contributed by atoms with Crippen LogP contribution in [0.15, 0.2) is 42.5 Å². The molecule has 2 nitrogen and oxygen atoms in total. The van der Waals surface area contributed by atoms with Gasteiger partial charge in [0, 0.05) is 23.6 Å². The summed E-state index contributed by atoms with van der Waals surface area (Å²) >= 11 is 0. The molecule has 0 aliphatic carbocycles. The van der Waals surface area contributed by atoms with Gasteiger partial charge in [0.1, 0.15) is 17.7 Å². The highest BCUT2D eigenvalue weighted by molar-refractivity contribution is 5.39. The maximum Gasteiger partial charge on any atom is 0.263 e. The summed E-state index contributed by atoms with van der Waals surface area (Å²) in [6, 6.07) is 9.79. The van der Waals surface area contributed by atoms with Crippen molar-refractivity contribution in [3.05, 3.63) is 65.0 Å². The fourth-order valence-corrected chi connectivity index (χ4v) is 2.52. The number of hydrogen-bond acceptors (Lipinski definition) is 2. The highest BCUT2D eigenvalue weighted by atomic mass is 19.3. The van der Waals surface area contributed by atoms with E-state index in [1.165, 1.54) is 36.4 Å². The molecule has 1 unspecified atom stereocenters. The van der Waals surface area contributed by atoms with Gasteiger partial charge in [0.15, 0.2) is 0 Å². The summed E-state index contributed by atoms with van der Waals surface area (Å²) in [6.07, 6.45) is -3.71. The van der Waals surface area contributed by atoms with Crippen molar-refractivity contribution in [2.24, 2.45) is 0 Å². The number of ether oxygens (including phenoxy) is 1. The smallest absolute Gasteiger partial charge is 0.263 e. The third-order valence-corrected chi connectivity index (χ3v) is 3.58. The van der Waals surface area contributed by atoms with Crippen LogP contribution in [0.4, 0.5) is 13.2 Å². The average Bonchev–Trinajstić information content (AvgIpc) is 2.46. The molecule has 5 heteroatoms. The minimum atomic E-state index is -2.57. The molecule has 21 heavy (non-hydrogen) atoms. The monoisotopic (exact) mass is 294 g/mol. The Bertz CT molecular complexity index is 658. The largest absolute Gasteiger partial charge is 0.485 e. The van der Waals surface area contributed by atoms with Gasteiger partial charge >= 0.3 is 0 Å². The van der Waals surface area contributed by atoms with Crippen LogP contribution in [0.2, 0.25) is 0 Å². The van der Waals surface area contributed by atoms with E-state index in [4.69, 9.17) is 4.74 Å². The van der Waals surface area contributed by atoms with E-state index in [0.717, 1.165) is 0 Å². The molecule has 0 saturated carbocycles. The maximum atomic E-state index is 13.3. The summed E-state index contributed by atoms with van der Waals surface area (Å²) in [4.78, 5) is 0. The molecule has 0 saturated heterocycles. The molecule has 2 atom stereocenters. The summed E-state index contributed by atoms with van der Waals surface area (Å²) in [6.45, 7) is 0. The van der Waals surface area contributed by atoms with Crippen LogP contribution in [-0.4, -0.2) is 5.11 Å². The number of benzene rings is 2. The first-order valence-electron chi connectivity index (χ1n) is 6.57. The third kappa shape index (κ3) is 2.74. The van der Waals surface area contributed by atoms with Crippen LogP contribution in [0, 0.1) is 5.82 Å². The number of hydrogen-bond donors (Lipinski definition) is 1. The number of rotatable bonds is 2. The van der Waals surface area contributed by atoms with E-state index in [-0.39, 0.29) is 17.7 Å². The van der Waals surface area contributed by atoms with Crippen molar-refractivity contribution in [2.75, 3.05) is 0 Å². The summed E-state index contributed by atoms with van der Waals surface area (Å²) in [5.41, 5.74) is 0.954. The highest BCUT2D eigenvalue weighted by Gasteiger charge is 2.28. The van der Waals surface area contributed by atoms with Gasteiger partial charge in [0.05, 0.1) is 6.10 Å². The number of aliphatic hydroxyl groups is 1. The highest BCUT2D eigenvalue weighted by Crippen LogP contribution is 2.41. The number of alkyl halides is 2. The Morgan fingerprint density at radius 3 is 2.71 bits per heavy atom. The molecule has 1 N–H and O–H groups in total. The van der Waals surface area contributed by atoms with Crippen molar-refractivity contribution in [3.63, 3.8) is 0 Å². The van der Waals surface area contributed by atoms with Gasteiger partial charge < -0.3 is 9.84 Å². The summed E-state index contributed by atoms with van der Waals surface area (Å²) in [5, 5.41) is 10.1. The van der Waals surface area contributed by atoms with Gasteiger partial charge in [-0.25, -0.2) is 13.2 Å². The van der Waals surface area contributed by atoms with E-state index in [0.29, 0.717) is 11.1 Å². The van der Waals surface area contributed by atoms with Gasteiger partial charge in [-0.3, -0.25) is 0 Å². The Morgan fingerprint density at radius 2 is 1.95 bits per heavy atom. The predicted octanol–water partition coefficient (Wildman–Crippen LogP) is 4.32. The van der Waals surface area contributed by atoms with Crippen molar-refractivity contribution in [1.29, 1.82) is 0 Å². The van der Waals surface area contributed by atoms with Gasteiger partial charge in [-0.1, -0.05) is 18.2 Å². The van der Waals surface area contributed by atoms with Crippen LogP contribution >= 0.6 is 0 Å². The van der Waals surface area contributed by atoms with Gasteiger partial charge in [-0.15, -0.1) is 0 Å². The Hall–Kier alpha value is -2.01. The Morgan fingerprint density at radius 1 is 1.14 bits per heavy atom. The van der Waals surface area contributed by atoms with E-state index >= 15 is 0 Å². The van der Waals surface area contributed by atoms with Crippen LogP contribution in [0.25, 0.3) is 0 Å². The fraction of sp³-hybridized carbons (Fsp3) is 0.250. The molecule has 0 bridgehead atoms. The summed E-state index contributed by atoms with van der Waals surface area (Å²) in [7, 11) is 0. The normalized spacial score (nSPS) is 21.0. The van der Waals surface area contributed by atoms with Crippen LogP contribution in [0.5, 0.6) is 5.75 Å². The number of aliphatic hydroxyl groups excluding tert-OH is 1. The molecule has 2 aromatic carbocycles. The predicted molar refractivity (Wildman–Crippen MR) is 70.7 cm³/mol. The SMILES string of the molecule is O[C@H]1CC(c2cccc(C(F)F)c2)Oc2cc(F)ccc21. The van der Waals surface area contributed by atoms with Crippen molar-refractivity contribution >= 4 is 0 Å². The minimum absolute atomic E-state index is 0.101. The lowest BCUT2D eigenvalue weighted by molar-refractivity contribution is 0.0651. The second kappa shape index (κ2) is 5.41. The molecule has 0 fully saturated rings. The van der Waals surface area contributed by atoms with Gasteiger partial charge in [0.25, 0.3) is 6.43 Å². The summed E-state index contributed by atoms with van der Waals surface area (Å²) in [5.74, 6) is -0.218. The Balaban J connectivity index is 1.93. The number of halogens is 3. The van der Waals surface area contributed by atoms with E-state index in [1.54, 1.807) is 6.07 Å². The molecule has 0 radical (unpaired) electrons. The zero-order valence-electron chi connectivity index (χ0n) is 11.0. The first-order valence-corrected chi connectivity index (χ1v) is 6.57. The molecule has 1 heterocycles. The zero-order valence-corrected chi connectivity index (χ0v) is 11.0. The number of fused-ring (bicyclic) bond motifs is 1. The molecule has 3 rings (SSSR count). The fourth-order valence-electron chi connectivity index (χ4n) is 2.52. The molecule has 0 spiro atoms. The van der Waals surface area contributed by atoms with Gasteiger partial charge in [-0.05, 0) is 23.8 Å². The van der Waals surface area contributed by atoms with Gasteiger partial charge in [-0.2, -0.15) is 0 Å². The minimum Gasteiger partial charge on any atom is -0.485 e. The van der Waals surface area contributed by atoms with Crippen LogP contribution < -0.4 is 4.74 Å². The van der Waals surface area contributed by atoms with Crippen LogP contribution in [0.1, 0.15) is 41.7 Å². The lowest BCUT2D eigenvalue weighted by Gasteiger charge is -2.30. The standard InChI is InChI=1S/C16H13F3O2/c17-11-4-5-12-13(20)8-14(21-15(12)7-11)9-2-1-3-10(6-9)16(18)19/h1-7,13-14,16,20H,8H2/t13-,14?/m0/s1. The summed E-state index contributed by atoms with van der Waals surface area (Å²) < 4.78 is 44.4. The van der Waals surface area contributed by atoms with Crippen LogP contribution in [0.3, 0.4) is 0 Å². The van der Waals surface area contributed by atoms with Crippen molar-refractivity contribution in [2.45, 2.75) is 25.1 Å². The van der Waals surface area contributed by atoms with Crippen LogP contribution in [-0.2, 0) is 0 Å². The van der Waals surface area contributed by atoms with E-state index in [1.807, 2.05) is 0 Å². The molecule has 2 aromatic rings. The first kappa shape index (κ1) is 13.9. The average molecular weight is 294 g/mol. The Kier molecular flexibility index (Phi) is 3.59. The Labute approximate surface area is 119 Å². The zero-order chi connectivity index (χ0) is 15.0. The first-order chi connectivity index (χ1) is 10.0. The molecular weight excluding hydrogens is 281 g/mol. The molecular formula is C16H13F3O2. The lowest BCUT2D eigenvalue weighted by atomic mass is 9.94. The second-order valence-corrected chi connectivity index (χ2v) is 5.01. The van der Waals surface area contributed by atoms with E-state index in [9.17, 15) is 18.3 Å². The quantitative estimate of drug-likeness (QED) is 0.893. The van der Waals surface area contributed by atoms with E-state index < -0.39 is 24.5 Å². The molecule has 0 aromatic heterocycles. The molecule has 110 valence electrons. The van der Waals surface area contributed by atoms with Crippen molar-refractivity contribution < 1.29 is 23.0 Å². The van der Waals surface area contributed by atoms with Crippen molar-refractivity contribution in [1.82, 2.24) is 0 Å². The maximum absolute atomic E-state index is 13.3. The molecule has 1 aliphatic heterocycles.